The molecule has 1 saturated carbocycles. The topological polar surface area (TPSA) is 102 Å². The van der Waals surface area contributed by atoms with Gasteiger partial charge in [-0.25, -0.2) is 23.7 Å². The summed E-state index contributed by atoms with van der Waals surface area (Å²) in [7, 11) is 0. The number of benzene rings is 1. The van der Waals surface area contributed by atoms with Gasteiger partial charge in [0, 0.05) is 6.20 Å². The van der Waals surface area contributed by atoms with Crippen LogP contribution in [0.4, 0.5) is 8.78 Å². The molecule has 2 aliphatic carbocycles. The zero-order chi connectivity index (χ0) is 24.5. The fourth-order valence-corrected chi connectivity index (χ4v) is 6.15. The summed E-state index contributed by atoms with van der Waals surface area (Å²) < 4.78 is 30.5. The highest BCUT2D eigenvalue weighted by Crippen LogP contribution is 2.69. The van der Waals surface area contributed by atoms with Gasteiger partial charge in [0.25, 0.3) is 5.95 Å². The lowest BCUT2D eigenvalue weighted by molar-refractivity contribution is 0.242. The number of aliphatic hydroxyl groups is 1. The summed E-state index contributed by atoms with van der Waals surface area (Å²) in [5.74, 6) is 0.0160. The average molecular weight is 476 g/mol. The van der Waals surface area contributed by atoms with Crippen LogP contribution in [0.5, 0.6) is 0 Å². The highest BCUT2D eigenvalue weighted by Gasteiger charge is 2.65. The predicted molar refractivity (Wildman–Crippen MR) is 122 cm³/mol. The third kappa shape index (κ3) is 2.86. The van der Waals surface area contributed by atoms with E-state index in [1.54, 1.807) is 19.2 Å². The summed E-state index contributed by atoms with van der Waals surface area (Å²) in [5, 5.41) is 22.6. The summed E-state index contributed by atoms with van der Waals surface area (Å²) in [6.07, 6.45) is 3.39. The second-order valence-electron chi connectivity index (χ2n) is 9.74. The molecule has 1 aromatic carbocycles. The van der Waals surface area contributed by atoms with E-state index in [2.05, 4.69) is 39.1 Å². The van der Waals surface area contributed by atoms with E-state index in [-0.39, 0.29) is 29.2 Å². The fraction of sp³-hybridized carbons (Fsp3) is 0.360. The minimum atomic E-state index is -0.665. The average Bonchev–Trinajstić information content (AvgIpc) is 3.42. The minimum absolute atomic E-state index is 0.133. The van der Waals surface area contributed by atoms with Crippen molar-refractivity contribution in [3.8, 4) is 17.2 Å². The molecule has 0 saturated heterocycles. The Morgan fingerprint density at radius 2 is 1.89 bits per heavy atom. The monoisotopic (exact) mass is 475 g/mol. The van der Waals surface area contributed by atoms with Gasteiger partial charge in [-0.3, -0.25) is 0 Å². The SMILES string of the molecule is Cc1nc(CO)nn1-c1nccc([C@@]23CC[C@@H](c4cc(-c5c(F)cccc5F)nnc42)C3(C)C)n1. The van der Waals surface area contributed by atoms with Gasteiger partial charge in [0.2, 0.25) is 0 Å². The molecule has 0 spiro atoms. The van der Waals surface area contributed by atoms with Crippen LogP contribution in [0.2, 0.25) is 0 Å². The van der Waals surface area contributed by atoms with Crippen LogP contribution >= 0.6 is 0 Å². The molecule has 0 amide bonds. The first kappa shape index (κ1) is 21.8. The van der Waals surface area contributed by atoms with Crippen LogP contribution < -0.4 is 0 Å². The molecule has 178 valence electrons. The van der Waals surface area contributed by atoms with Crippen LogP contribution in [0, 0.1) is 24.0 Å². The Morgan fingerprint density at radius 1 is 1.11 bits per heavy atom. The van der Waals surface area contributed by atoms with Gasteiger partial charge < -0.3 is 5.11 Å². The number of aliphatic hydroxyl groups excluding tert-OH is 1. The Balaban J connectivity index is 1.51. The fourth-order valence-electron chi connectivity index (χ4n) is 6.15. The summed E-state index contributed by atoms with van der Waals surface area (Å²) in [6.45, 7) is 5.86. The zero-order valence-corrected chi connectivity index (χ0v) is 19.5. The first-order valence-corrected chi connectivity index (χ1v) is 11.5. The van der Waals surface area contributed by atoms with E-state index in [0.29, 0.717) is 17.6 Å². The van der Waals surface area contributed by atoms with Gasteiger partial charge in [-0.1, -0.05) is 19.9 Å². The van der Waals surface area contributed by atoms with E-state index >= 15 is 0 Å². The number of hydrogen-bond acceptors (Lipinski definition) is 7. The Labute approximate surface area is 200 Å². The largest absolute Gasteiger partial charge is 0.388 e. The molecule has 10 heteroatoms. The van der Waals surface area contributed by atoms with E-state index in [9.17, 15) is 13.9 Å². The normalized spacial score (nSPS) is 21.9. The van der Waals surface area contributed by atoms with Gasteiger partial charge in [-0.15, -0.1) is 10.2 Å². The molecule has 2 bridgehead atoms. The Morgan fingerprint density at radius 3 is 2.60 bits per heavy atom. The Kier molecular flexibility index (Phi) is 4.63. The molecule has 8 nitrogen and oxygen atoms in total. The van der Waals surface area contributed by atoms with Gasteiger partial charge in [0.15, 0.2) is 5.82 Å². The molecule has 1 N–H and O–H groups in total. The lowest BCUT2D eigenvalue weighted by atomic mass is 9.66. The van der Waals surface area contributed by atoms with Crippen molar-refractivity contribution in [2.45, 2.75) is 51.6 Å². The van der Waals surface area contributed by atoms with Crippen molar-refractivity contribution in [3.05, 3.63) is 76.8 Å². The number of aromatic nitrogens is 7. The van der Waals surface area contributed by atoms with Gasteiger partial charge in [0.05, 0.1) is 28.1 Å². The number of fused-ring (bicyclic) bond motifs is 5. The van der Waals surface area contributed by atoms with Crippen LogP contribution in [0.1, 0.15) is 61.2 Å². The molecule has 4 aromatic rings. The predicted octanol–water partition coefficient (Wildman–Crippen LogP) is 3.80. The highest BCUT2D eigenvalue weighted by molar-refractivity contribution is 5.64. The number of rotatable bonds is 4. The second kappa shape index (κ2) is 7.42. The summed E-state index contributed by atoms with van der Waals surface area (Å²) in [6, 6.07) is 7.45. The quantitative estimate of drug-likeness (QED) is 0.479. The molecule has 3 aromatic heterocycles. The highest BCUT2D eigenvalue weighted by atomic mass is 19.1. The Bertz CT molecular complexity index is 1460. The summed E-state index contributed by atoms with van der Waals surface area (Å²) in [4.78, 5) is 13.5. The van der Waals surface area contributed by atoms with Gasteiger partial charge in [-0.2, -0.15) is 9.78 Å². The molecule has 1 fully saturated rings. The molecule has 0 radical (unpaired) electrons. The van der Waals surface area contributed by atoms with Crippen molar-refractivity contribution in [3.63, 3.8) is 0 Å². The number of nitrogens with zero attached hydrogens (tertiary/aromatic N) is 7. The third-order valence-corrected chi connectivity index (χ3v) is 7.82. The van der Waals surface area contributed by atoms with Gasteiger partial charge in [0.1, 0.15) is 24.1 Å². The molecule has 0 unspecified atom stereocenters. The van der Waals surface area contributed by atoms with E-state index in [4.69, 9.17) is 4.98 Å². The minimum Gasteiger partial charge on any atom is -0.388 e. The lowest BCUT2D eigenvalue weighted by Crippen LogP contribution is -2.38. The molecule has 3 heterocycles. The molecule has 2 atom stereocenters. The van der Waals surface area contributed by atoms with Crippen LogP contribution in [0.3, 0.4) is 0 Å². The molecule has 0 aliphatic heterocycles. The van der Waals surface area contributed by atoms with Crippen LogP contribution in [-0.2, 0) is 12.0 Å². The van der Waals surface area contributed by atoms with Crippen molar-refractivity contribution >= 4 is 0 Å². The maximum atomic E-state index is 14.5. The maximum absolute atomic E-state index is 14.5. The standard InChI is InChI=1S/C25H23F2N7O/c1-13-29-20(12-35)33-34(13)23-28-10-8-19(30-23)25-9-7-15(24(25,2)3)14-11-18(31-32-22(14)25)21-16(26)5-4-6-17(21)27/h4-6,8,10-11,15,35H,7,9,12H2,1-3H3/t15-,25-/m0/s1. The molecule has 2 aliphatic rings. The molecular weight excluding hydrogens is 452 g/mol. The van der Waals surface area contributed by atoms with Crippen molar-refractivity contribution < 1.29 is 13.9 Å². The van der Waals surface area contributed by atoms with E-state index < -0.39 is 17.0 Å². The number of halogens is 2. The van der Waals surface area contributed by atoms with Gasteiger partial charge >= 0.3 is 0 Å². The van der Waals surface area contributed by atoms with Gasteiger partial charge in [-0.05, 0) is 60.9 Å². The third-order valence-electron chi connectivity index (χ3n) is 7.82. The second-order valence-corrected chi connectivity index (χ2v) is 9.74. The Hall–Kier alpha value is -3.66. The van der Waals surface area contributed by atoms with E-state index in [0.717, 1.165) is 29.8 Å². The summed E-state index contributed by atoms with van der Waals surface area (Å²) >= 11 is 0. The van der Waals surface area contributed by atoms with E-state index in [1.165, 1.54) is 22.9 Å². The number of aryl methyl sites for hydroxylation is 1. The maximum Gasteiger partial charge on any atom is 0.252 e. The molecule has 35 heavy (non-hydrogen) atoms. The smallest absolute Gasteiger partial charge is 0.252 e. The number of hydrogen-bond donors (Lipinski definition) is 1. The van der Waals surface area contributed by atoms with Crippen molar-refractivity contribution in [2.24, 2.45) is 5.41 Å². The van der Waals surface area contributed by atoms with E-state index in [1.807, 2.05) is 6.07 Å². The zero-order valence-electron chi connectivity index (χ0n) is 19.5. The van der Waals surface area contributed by atoms with Crippen LogP contribution in [0.15, 0.2) is 36.5 Å². The summed E-state index contributed by atoms with van der Waals surface area (Å²) in [5.41, 5.74) is 1.74. The molecular formula is C25H23F2N7O. The van der Waals surface area contributed by atoms with Crippen molar-refractivity contribution in [1.82, 2.24) is 34.9 Å². The first-order chi connectivity index (χ1) is 16.8. The van der Waals surface area contributed by atoms with Crippen LogP contribution in [0.25, 0.3) is 17.2 Å². The van der Waals surface area contributed by atoms with Crippen molar-refractivity contribution in [2.75, 3.05) is 0 Å². The first-order valence-electron chi connectivity index (χ1n) is 11.5. The van der Waals surface area contributed by atoms with Crippen LogP contribution in [-0.4, -0.2) is 40.0 Å². The lowest BCUT2D eigenvalue weighted by Gasteiger charge is -2.37. The molecule has 6 rings (SSSR count). The van der Waals surface area contributed by atoms with Crippen molar-refractivity contribution in [1.29, 1.82) is 0 Å².